The molecule has 1 aliphatic heterocycles. The summed E-state index contributed by atoms with van der Waals surface area (Å²) in [5.41, 5.74) is 10.1. The predicted octanol–water partition coefficient (Wildman–Crippen LogP) is 1.97. The van der Waals surface area contributed by atoms with Crippen LogP contribution >= 0.6 is 0 Å². The zero-order valence-electron chi connectivity index (χ0n) is 11.2. The summed E-state index contributed by atoms with van der Waals surface area (Å²) in [4.78, 5) is 20.0. The van der Waals surface area contributed by atoms with Gasteiger partial charge in [-0.3, -0.25) is 20.2 Å². The van der Waals surface area contributed by atoms with Gasteiger partial charge < -0.3 is 5.43 Å². The smallest absolute Gasteiger partial charge is 0.269 e. The molecule has 0 spiro atoms. The number of nitrogens with one attached hydrogen (secondary N) is 2. The van der Waals surface area contributed by atoms with Crippen LogP contribution in [0.3, 0.4) is 0 Å². The lowest BCUT2D eigenvalue weighted by molar-refractivity contribution is 0.0938. The molecule has 0 saturated carbocycles. The molecule has 19 heavy (non-hydrogen) atoms. The summed E-state index contributed by atoms with van der Waals surface area (Å²) in [6.07, 6.45) is 4.99. The molecule has 0 atom stereocenters. The molecular weight excluding hydrogens is 240 g/mol. The third-order valence-corrected chi connectivity index (χ3v) is 2.89. The van der Waals surface area contributed by atoms with E-state index < -0.39 is 0 Å². The van der Waals surface area contributed by atoms with Crippen molar-refractivity contribution in [2.24, 2.45) is 4.99 Å². The highest BCUT2D eigenvalue weighted by atomic mass is 16.2. The number of hydrogen-bond donors (Lipinski definition) is 2. The minimum absolute atomic E-state index is 0.198. The molecule has 2 heterocycles. The lowest BCUT2D eigenvalue weighted by Gasteiger charge is -2.12. The van der Waals surface area contributed by atoms with Gasteiger partial charge in [0.2, 0.25) is 0 Å². The van der Waals surface area contributed by atoms with Crippen molar-refractivity contribution in [3.05, 3.63) is 53.1 Å². The molecule has 0 bridgehead atoms. The van der Waals surface area contributed by atoms with Gasteiger partial charge in [-0.2, -0.15) is 0 Å². The lowest BCUT2D eigenvalue weighted by atomic mass is 10.1. The van der Waals surface area contributed by atoms with E-state index in [1.54, 1.807) is 24.5 Å². The Bertz CT molecular complexity index is 565. The number of aliphatic imine (C=N–C) groups is 1. The van der Waals surface area contributed by atoms with Crippen LogP contribution in [0.15, 0.2) is 52.6 Å². The molecule has 2 N–H and O–H groups in total. The van der Waals surface area contributed by atoms with Crippen LogP contribution in [0.4, 0.5) is 0 Å². The van der Waals surface area contributed by atoms with Gasteiger partial charge in [0.15, 0.2) is 0 Å². The Morgan fingerprint density at radius 1 is 1.16 bits per heavy atom. The summed E-state index contributed by atoms with van der Waals surface area (Å²) in [5, 5.41) is 0. The first kappa shape index (κ1) is 13.0. The first-order chi connectivity index (χ1) is 9.09. The molecule has 1 aromatic heterocycles. The quantitative estimate of drug-likeness (QED) is 0.812. The topological polar surface area (TPSA) is 66.4 Å². The minimum atomic E-state index is -0.198. The number of nitrogens with zero attached hydrogens (tertiary/aromatic N) is 2. The van der Waals surface area contributed by atoms with Crippen molar-refractivity contribution in [2.45, 2.75) is 20.8 Å². The first-order valence-corrected chi connectivity index (χ1v) is 5.99. The predicted molar refractivity (Wildman–Crippen MR) is 74.4 cm³/mol. The summed E-state index contributed by atoms with van der Waals surface area (Å²) in [6.45, 7) is 5.84. The van der Waals surface area contributed by atoms with Crippen LogP contribution < -0.4 is 10.9 Å². The van der Waals surface area contributed by atoms with Crippen LogP contribution in [0.1, 0.15) is 31.1 Å². The lowest BCUT2D eigenvalue weighted by Crippen LogP contribution is -2.37. The van der Waals surface area contributed by atoms with Crippen LogP contribution in [0.2, 0.25) is 0 Å². The Kier molecular flexibility index (Phi) is 3.75. The van der Waals surface area contributed by atoms with E-state index in [-0.39, 0.29) is 5.91 Å². The molecule has 2 rings (SSSR count). The van der Waals surface area contributed by atoms with E-state index in [2.05, 4.69) is 20.8 Å². The third kappa shape index (κ3) is 2.88. The Morgan fingerprint density at radius 3 is 2.42 bits per heavy atom. The molecule has 5 nitrogen and oxygen atoms in total. The van der Waals surface area contributed by atoms with Crippen molar-refractivity contribution in [2.75, 3.05) is 0 Å². The van der Waals surface area contributed by atoms with Gasteiger partial charge in [0.1, 0.15) is 0 Å². The number of hydrazine groups is 1. The maximum atomic E-state index is 11.9. The molecule has 0 aliphatic carbocycles. The van der Waals surface area contributed by atoms with Crippen LogP contribution in [0, 0.1) is 0 Å². The molecule has 0 saturated heterocycles. The number of carbonyl (C=O) groups is 1. The molecule has 5 heteroatoms. The second-order valence-electron chi connectivity index (χ2n) is 4.34. The fraction of sp³-hybridized carbons (Fsp3) is 0.214. The maximum absolute atomic E-state index is 11.9. The van der Waals surface area contributed by atoms with E-state index in [1.807, 2.05) is 27.0 Å². The summed E-state index contributed by atoms with van der Waals surface area (Å²) in [5.74, 6) is -0.198. The molecule has 1 amide bonds. The van der Waals surface area contributed by atoms with Crippen LogP contribution in [0.25, 0.3) is 0 Å². The Hall–Kier alpha value is -2.43. The monoisotopic (exact) mass is 256 g/mol. The number of carbonyl (C=O) groups excluding carboxylic acids is 1. The van der Waals surface area contributed by atoms with Gasteiger partial charge in [-0.05, 0) is 38.5 Å². The van der Waals surface area contributed by atoms with Crippen molar-refractivity contribution in [1.29, 1.82) is 0 Å². The van der Waals surface area contributed by atoms with Crippen LogP contribution in [-0.4, -0.2) is 16.6 Å². The Morgan fingerprint density at radius 2 is 1.84 bits per heavy atom. The zero-order chi connectivity index (χ0) is 13.8. The highest BCUT2D eigenvalue weighted by molar-refractivity contribution is 6.05. The van der Waals surface area contributed by atoms with Gasteiger partial charge in [-0.25, -0.2) is 0 Å². The highest BCUT2D eigenvalue weighted by Gasteiger charge is 2.13. The number of allylic oxidation sites excluding steroid dienone is 3. The summed E-state index contributed by atoms with van der Waals surface area (Å²) in [7, 11) is 0. The number of amides is 1. The van der Waals surface area contributed by atoms with Gasteiger partial charge in [0.05, 0.1) is 0 Å². The van der Waals surface area contributed by atoms with Crippen molar-refractivity contribution in [3.8, 4) is 0 Å². The Labute approximate surface area is 112 Å². The van der Waals surface area contributed by atoms with Gasteiger partial charge in [0, 0.05) is 41.1 Å². The fourth-order valence-electron chi connectivity index (χ4n) is 1.96. The van der Waals surface area contributed by atoms with E-state index >= 15 is 0 Å². The number of hydrogen-bond acceptors (Lipinski definition) is 4. The summed E-state index contributed by atoms with van der Waals surface area (Å²) < 4.78 is 0. The van der Waals surface area contributed by atoms with E-state index in [0.29, 0.717) is 5.56 Å². The normalized spacial score (nSPS) is 16.6. The van der Waals surface area contributed by atoms with Crippen molar-refractivity contribution in [1.82, 2.24) is 15.8 Å². The Balaban J connectivity index is 2.04. The highest BCUT2D eigenvalue weighted by Crippen LogP contribution is 2.20. The second-order valence-corrected chi connectivity index (χ2v) is 4.34. The van der Waals surface area contributed by atoms with E-state index in [9.17, 15) is 4.79 Å². The fourth-order valence-corrected chi connectivity index (χ4v) is 1.96. The summed E-state index contributed by atoms with van der Waals surface area (Å²) >= 11 is 0. The average Bonchev–Trinajstić information content (AvgIpc) is 2.76. The molecule has 1 aromatic rings. The molecule has 98 valence electrons. The van der Waals surface area contributed by atoms with Gasteiger partial charge in [0.25, 0.3) is 5.91 Å². The molecule has 0 unspecified atom stereocenters. The van der Waals surface area contributed by atoms with Crippen molar-refractivity contribution in [3.63, 3.8) is 0 Å². The van der Waals surface area contributed by atoms with Crippen LogP contribution in [-0.2, 0) is 0 Å². The van der Waals surface area contributed by atoms with Crippen LogP contribution in [0.5, 0.6) is 0 Å². The summed E-state index contributed by atoms with van der Waals surface area (Å²) in [6, 6.07) is 3.32. The SMILES string of the molecule is CC1=CN=C(C)/C1=C(\C)NNC(=O)c1ccncc1. The molecule has 0 fully saturated rings. The van der Waals surface area contributed by atoms with E-state index in [1.165, 1.54) is 0 Å². The van der Waals surface area contributed by atoms with Gasteiger partial charge in [-0.1, -0.05) is 0 Å². The molecule has 1 aliphatic rings. The second kappa shape index (κ2) is 5.48. The minimum Gasteiger partial charge on any atom is -0.302 e. The van der Waals surface area contributed by atoms with E-state index in [0.717, 1.165) is 22.6 Å². The van der Waals surface area contributed by atoms with Crippen molar-refractivity contribution >= 4 is 11.6 Å². The number of pyridine rings is 1. The third-order valence-electron chi connectivity index (χ3n) is 2.89. The van der Waals surface area contributed by atoms with Crippen molar-refractivity contribution < 1.29 is 4.79 Å². The van der Waals surface area contributed by atoms with Gasteiger partial charge >= 0.3 is 0 Å². The number of rotatable bonds is 3. The standard InChI is InChI=1S/C14H16N4O/c1-9-8-16-10(2)13(9)11(3)17-18-14(19)12-4-6-15-7-5-12/h4-8,17H,1-3H3,(H,18,19)/b13-11+. The molecule has 0 aromatic carbocycles. The van der Waals surface area contributed by atoms with E-state index in [4.69, 9.17) is 0 Å². The average molecular weight is 256 g/mol. The molecule has 0 radical (unpaired) electrons. The van der Waals surface area contributed by atoms with Gasteiger partial charge in [-0.15, -0.1) is 0 Å². The maximum Gasteiger partial charge on any atom is 0.269 e. The largest absolute Gasteiger partial charge is 0.302 e. The molecular formula is C14H16N4O. The number of aromatic nitrogens is 1. The zero-order valence-corrected chi connectivity index (χ0v) is 11.2. The first-order valence-electron chi connectivity index (χ1n) is 5.99.